The van der Waals surface area contributed by atoms with Crippen molar-refractivity contribution in [2.24, 2.45) is 5.92 Å². The van der Waals surface area contributed by atoms with Crippen molar-refractivity contribution in [3.63, 3.8) is 0 Å². The lowest BCUT2D eigenvalue weighted by Crippen LogP contribution is -2.35. The number of hydrogen-bond donors (Lipinski definition) is 1. The first kappa shape index (κ1) is 16.9. The molecule has 3 atom stereocenters. The van der Waals surface area contributed by atoms with Gasteiger partial charge in [-0.2, -0.15) is 0 Å². The second-order valence-electron chi connectivity index (χ2n) is 6.11. The van der Waals surface area contributed by atoms with Crippen molar-refractivity contribution in [3.05, 3.63) is 16.1 Å². The predicted octanol–water partition coefficient (Wildman–Crippen LogP) is 3.10. The highest BCUT2D eigenvalue weighted by Crippen LogP contribution is 2.38. The zero-order valence-electron chi connectivity index (χ0n) is 13.1. The Kier molecular flexibility index (Phi) is 5.80. The molecule has 1 aromatic rings. The van der Waals surface area contributed by atoms with Crippen LogP contribution in [0.3, 0.4) is 0 Å². The molecule has 1 heterocycles. The Morgan fingerprint density at radius 1 is 1.48 bits per heavy atom. The number of aromatic nitrogens is 1. The Hall–Kier alpha value is -0.460. The number of aryl methyl sites for hydroxylation is 1. The Morgan fingerprint density at radius 2 is 2.24 bits per heavy atom. The van der Waals surface area contributed by atoms with Gasteiger partial charge in [-0.1, -0.05) is 13.3 Å². The van der Waals surface area contributed by atoms with Crippen LogP contribution in [0.25, 0.3) is 0 Å². The molecule has 1 fully saturated rings. The Bertz CT molecular complexity index is 554. The van der Waals surface area contributed by atoms with Crippen molar-refractivity contribution in [1.82, 2.24) is 10.3 Å². The summed E-state index contributed by atoms with van der Waals surface area (Å²) in [5.74, 6) is 0.393. The van der Waals surface area contributed by atoms with Crippen molar-refractivity contribution < 1.29 is 8.42 Å². The van der Waals surface area contributed by atoms with Gasteiger partial charge in [-0.3, -0.25) is 0 Å². The smallest absolute Gasteiger partial charge is 0.150 e. The minimum atomic E-state index is -2.93. The minimum absolute atomic E-state index is 0.171. The molecule has 0 spiro atoms. The first-order valence-electron chi connectivity index (χ1n) is 7.75. The fraction of sp³-hybridized carbons (Fsp3) is 0.800. The van der Waals surface area contributed by atoms with Crippen molar-refractivity contribution in [2.75, 3.05) is 12.8 Å². The normalized spacial score (nSPS) is 24.9. The van der Waals surface area contributed by atoms with Crippen LogP contribution in [0.5, 0.6) is 0 Å². The topological polar surface area (TPSA) is 59.1 Å². The maximum absolute atomic E-state index is 11.9. The molecular weight excluding hydrogens is 304 g/mol. The average Bonchev–Trinajstić information content (AvgIpc) is 2.85. The lowest BCUT2D eigenvalue weighted by Gasteiger charge is -2.34. The third kappa shape index (κ3) is 4.27. The maximum atomic E-state index is 11.9. The van der Waals surface area contributed by atoms with Gasteiger partial charge in [-0.05, 0) is 45.1 Å². The van der Waals surface area contributed by atoms with E-state index < -0.39 is 9.84 Å². The quantitative estimate of drug-likeness (QED) is 0.871. The van der Waals surface area contributed by atoms with Crippen LogP contribution >= 0.6 is 11.3 Å². The summed E-state index contributed by atoms with van der Waals surface area (Å²) in [6, 6.07) is 0.252. The van der Waals surface area contributed by atoms with Crippen LogP contribution in [0.15, 0.2) is 5.51 Å². The Balaban J connectivity index is 2.18. The van der Waals surface area contributed by atoms with Gasteiger partial charge in [0.2, 0.25) is 0 Å². The van der Waals surface area contributed by atoms with Crippen LogP contribution in [-0.4, -0.2) is 31.5 Å². The predicted molar refractivity (Wildman–Crippen MR) is 88.5 cm³/mol. The molecule has 120 valence electrons. The van der Waals surface area contributed by atoms with Gasteiger partial charge in [0, 0.05) is 17.2 Å². The SMILES string of the molecule is CCCNC(c1scnc1C)C1CCCC(S(C)(=O)=O)C1. The number of rotatable bonds is 6. The highest BCUT2D eigenvalue weighted by Gasteiger charge is 2.34. The van der Waals surface area contributed by atoms with E-state index in [0.29, 0.717) is 5.92 Å². The molecule has 0 saturated heterocycles. The van der Waals surface area contributed by atoms with Crippen LogP contribution in [0.1, 0.15) is 55.6 Å². The molecule has 1 aromatic heterocycles. The maximum Gasteiger partial charge on any atom is 0.150 e. The van der Waals surface area contributed by atoms with Crippen LogP contribution in [0.2, 0.25) is 0 Å². The molecule has 0 bridgehead atoms. The molecule has 0 amide bonds. The van der Waals surface area contributed by atoms with E-state index in [2.05, 4.69) is 17.2 Å². The van der Waals surface area contributed by atoms with E-state index in [0.717, 1.165) is 44.3 Å². The summed E-state index contributed by atoms with van der Waals surface area (Å²) in [7, 11) is -2.93. The molecule has 21 heavy (non-hydrogen) atoms. The standard InChI is InChI=1S/C15H26N2O2S2/c1-4-8-16-14(15-11(2)17-10-20-15)12-6-5-7-13(9-12)21(3,18)19/h10,12-14,16H,4-9H2,1-3H3. The van der Waals surface area contributed by atoms with Gasteiger partial charge < -0.3 is 5.32 Å². The summed E-state index contributed by atoms with van der Waals surface area (Å²) in [6.45, 7) is 5.16. The van der Waals surface area contributed by atoms with E-state index in [1.54, 1.807) is 11.3 Å². The molecule has 3 unspecified atom stereocenters. The Morgan fingerprint density at radius 3 is 2.81 bits per heavy atom. The number of sulfone groups is 1. The number of hydrogen-bond acceptors (Lipinski definition) is 5. The summed E-state index contributed by atoms with van der Waals surface area (Å²) < 4.78 is 23.8. The van der Waals surface area contributed by atoms with Crippen molar-refractivity contribution in [3.8, 4) is 0 Å². The first-order chi connectivity index (χ1) is 9.93. The van der Waals surface area contributed by atoms with Gasteiger partial charge in [0.15, 0.2) is 0 Å². The lowest BCUT2D eigenvalue weighted by molar-refractivity contribution is 0.275. The average molecular weight is 331 g/mol. The monoisotopic (exact) mass is 330 g/mol. The molecular formula is C15H26N2O2S2. The minimum Gasteiger partial charge on any atom is -0.309 e. The molecule has 1 aliphatic rings. The fourth-order valence-corrected chi connectivity index (χ4v) is 5.42. The third-order valence-corrected chi connectivity index (χ3v) is 7.08. The molecule has 0 radical (unpaired) electrons. The van der Waals surface area contributed by atoms with Gasteiger partial charge in [-0.15, -0.1) is 11.3 Å². The highest BCUT2D eigenvalue weighted by atomic mass is 32.2. The molecule has 1 N–H and O–H groups in total. The van der Waals surface area contributed by atoms with E-state index in [-0.39, 0.29) is 11.3 Å². The van der Waals surface area contributed by atoms with Crippen LogP contribution < -0.4 is 5.32 Å². The molecule has 0 aliphatic heterocycles. The van der Waals surface area contributed by atoms with Gasteiger partial charge in [0.05, 0.1) is 16.5 Å². The van der Waals surface area contributed by atoms with Gasteiger partial charge >= 0.3 is 0 Å². The molecule has 1 aliphatic carbocycles. The summed E-state index contributed by atoms with van der Waals surface area (Å²) in [6.07, 6.45) is 6.16. The number of nitrogens with zero attached hydrogens (tertiary/aromatic N) is 1. The van der Waals surface area contributed by atoms with E-state index in [9.17, 15) is 8.42 Å². The zero-order valence-corrected chi connectivity index (χ0v) is 14.8. The second-order valence-corrected chi connectivity index (χ2v) is 9.32. The van der Waals surface area contributed by atoms with Crippen molar-refractivity contribution in [2.45, 2.75) is 57.2 Å². The summed E-state index contributed by atoms with van der Waals surface area (Å²) in [5.41, 5.74) is 2.97. The van der Waals surface area contributed by atoms with Gasteiger partial charge in [0.25, 0.3) is 0 Å². The second kappa shape index (κ2) is 7.20. The summed E-state index contributed by atoms with van der Waals surface area (Å²) >= 11 is 1.69. The fourth-order valence-electron chi connectivity index (χ4n) is 3.26. The van der Waals surface area contributed by atoms with Crippen molar-refractivity contribution in [1.29, 1.82) is 0 Å². The number of nitrogens with one attached hydrogen (secondary N) is 1. The first-order valence-corrected chi connectivity index (χ1v) is 10.6. The largest absolute Gasteiger partial charge is 0.309 e. The molecule has 1 saturated carbocycles. The van der Waals surface area contributed by atoms with E-state index in [1.807, 2.05) is 12.4 Å². The third-order valence-electron chi connectivity index (χ3n) is 4.42. The Labute approximate surface area is 132 Å². The zero-order chi connectivity index (χ0) is 15.5. The lowest BCUT2D eigenvalue weighted by atomic mass is 9.82. The molecule has 0 aromatic carbocycles. The molecule has 4 nitrogen and oxygen atoms in total. The van der Waals surface area contributed by atoms with Gasteiger partial charge in [-0.25, -0.2) is 13.4 Å². The van der Waals surface area contributed by atoms with E-state index in [1.165, 1.54) is 11.1 Å². The van der Waals surface area contributed by atoms with Crippen LogP contribution in [-0.2, 0) is 9.84 Å². The molecule has 2 rings (SSSR count). The van der Waals surface area contributed by atoms with Crippen LogP contribution in [0.4, 0.5) is 0 Å². The van der Waals surface area contributed by atoms with Gasteiger partial charge in [0.1, 0.15) is 9.84 Å². The molecule has 6 heteroatoms. The van der Waals surface area contributed by atoms with Crippen molar-refractivity contribution >= 4 is 21.2 Å². The highest BCUT2D eigenvalue weighted by molar-refractivity contribution is 7.91. The van der Waals surface area contributed by atoms with Crippen LogP contribution in [0, 0.1) is 12.8 Å². The van der Waals surface area contributed by atoms with E-state index in [4.69, 9.17) is 0 Å². The summed E-state index contributed by atoms with van der Waals surface area (Å²) in [4.78, 5) is 5.65. The summed E-state index contributed by atoms with van der Waals surface area (Å²) in [5, 5.41) is 3.46. The van der Waals surface area contributed by atoms with E-state index >= 15 is 0 Å². The number of thiazole rings is 1.